The molecule has 0 radical (unpaired) electrons. The summed E-state index contributed by atoms with van der Waals surface area (Å²) in [6.45, 7) is 0. The van der Waals surface area contributed by atoms with E-state index in [0.717, 1.165) is 22.6 Å². The third-order valence-corrected chi connectivity index (χ3v) is 3.64. The molecule has 0 saturated carbocycles. The summed E-state index contributed by atoms with van der Waals surface area (Å²) in [7, 11) is 3.19. The summed E-state index contributed by atoms with van der Waals surface area (Å²) in [5.74, 6) is 1.38. The van der Waals surface area contributed by atoms with Crippen molar-refractivity contribution in [3.63, 3.8) is 0 Å². The van der Waals surface area contributed by atoms with Crippen LogP contribution < -0.4 is 14.8 Å². The summed E-state index contributed by atoms with van der Waals surface area (Å²) in [5, 5.41) is 10.3. The molecule has 1 amide bonds. The van der Waals surface area contributed by atoms with Crippen molar-refractivity contribution in [3.05, 3.63) is 60.2 Å². The van der Waals surface area contributed by atoms with Crippen molar-refractivity contribution in [2.45, 2.75) is 0 Å². The van der Waals surface area contributed by atoms with Crippen molar-refractivity contribution in [1.29, 1.82) is 0 Å². The number of rotatable bonds is 6. The third-order valence-electron chi connectivity index (χ3n) is 3.64. The number of benzene rings is 2. The topological polar surface area (TPSA) is 86.5 Å². The summed E-state index contributed by atoms with van der Waals surface area (Å²) in [4.78, 5) is 12.1. The summed E-state index contributed by atoms with van der Waals surface area (Å²) in [6.07, 6.45) is 3.10. The normalized spacial score (nSPS) is 10.7. The van der Waals surface area contributed by atoms with Crippen LogP contribution in [0, 0.1) is 0 Å². The van der Waals surface area contributed by atoms with E-state index in [9.17, 15) is 4.79 Å². The first-order valence-corrected chi connectivity index (χ1v) is 7.79. The average Bonchev–Trinajstić information content (AvgIpc) is 3.15. The molecule has 1 N–H and O–H groups in total. The number of hydrogen-bond acceptors (Lipinski definition) is 6. The second kappa shape index (κ2) is 7.98. The Bertz CT molecular complexity index is 899. The van der Waals surface area contributed by atoms with Gasteiger partial charge in [-0.05, 0) is 58.4 Å². The van der Waals surface area contributed by atoms with Gasteiger partial charge in [-0.2, -0.15) is 0 Å². The number of methoxy groups -OCH3 is 2. The first-order chi connectivity index (χ1) is 12.7. The van der Waals surface area contributed by atoms with Crippen molar-refractivity contribution < 1.29 is 18.9 Å². The maximum atomic E-state index is 12.1. The zero-order valence-corrected chi connectivity index (χ0v) is 14.3. The highest BCUT2D eigenvalue weighted by atomic mass is 16.6. The van der Waals surface area contributed by atoms with Crippen LogP contribution in [-0.4, -0.2) is 30.4 Å². The van der Waals surface area contributed by atoms with Gasteiger partial charge in [-0.3, -0.25) is 4.79 Å². The quantitative estimate of drug-likeness (QED) is 0.685. The van der Waals surface area contributed by atoms with Crippen LogP contribution in [0.5, 0.6) is 11.5 Å². The molecular weight excluding hydrogens is 334 g/mol. The maximum Gasteiger partial charge on any atom is 0.249 e. The van der Waals surface area contributed by atoms with E-state index < -0.39 is 0 Å². The van der Waals surface area contributed by atoms with E-state index in [1.165, 1.54) is 6.08 Å². The monoisotopic (exact) mass is 351 g/mol. The Morgan fingerprint density at radius 2 is 1.58 bits per heavy atom. The fourth-order valence-corrected chi connectivity index (χ4v) is 2.25. The van der Waals surface area contributed by atoms with Crippen molar-refractivity contribution >= 4 is 17.8 Å². The molecule has 0 saturated heterocycles. The molecule has 0 unspecified atom stereocenters. The number of ether oxygens (including phenoxy) is 2. The number of anilines is 1. The lowest BCUT2D eigenvalue weighted by Gasteiger charge is -2.02. The van der Waals surface area contributed by atoms with Gasteiger partial charge in [0, 0.05) is 11.6 Å². The number of hydrogen-bond donors (Lipinski definition) is 1. The molecule has 0 aliphatic rings. The lowest BCUT2D eigenvalue weighted by Crippen LogP contribution is -2.09. The molecule has 1 aromatic heterocycles. The van der Waals surface area contributed by atoms with Crippen molar-refractivity contribution in [2.75, 3.05) is 19.5 Å². The molecule has 132 valence electrons. The van der Waals surface area contributed by atoms with Crippen molar-refractivity contribution in [1.82, 2.24) is 10.3 Å². The predicted molar refractivity (Wildman–Crippen MR) is 96.9 cm³/mol. The zero-order chi connectivity index (χ0) is 18.4. The van der Waals surface area contributed by atoms with Crippen LogP contribution in [0.2, 0.25) is 0 Å². The van der Waals surface area contributed by atoms with E-state index in [2.05, 4.69) is 15.6 Å². The van der Waals surface area contributed by atoms with Crippen LogP contribution in [0.1, 0.15) is 5.56 Å². The Labute approximate surface area is 150 Å². The van der Waals surface area contributed by atoms with E-state index in [0.29, 0.717) is 5.69 Å². The molecule has 0 spiro atoms. The van der Waals surface area contributed by atoms with Crippen LogP contribution in [0.4, 0.5) is 5.82 Å². The molecule has 0 atom stereocenters. The van der Waals surface area contributed by atoms with Gasteiger partial charge in [0.1, 0.15) is 11.5 Å². The van der Waals surface area contributed by atoms with Gasteiger partial charge >= 0.3 is 0 Å². The summed E-state index contributed by atoms with van der Waals surface area (Å²) >= 11 is 0. The molecule has 0 bridgehead atoms. The highest BCUT2D eigenvalue weighted by molar-refractivity contribution is 6.02. The van der Waals surface area contributed by atoms with Crippen molar-refractivity contribution in [2.24, 2.45) is 0 Å². The van der Waals surface area contributed by atoms with E-state index in [1.807, 2.05) is 24.3 Å². The summed E-state index contributed by atoms with van der Waals surface area (Å²) < 4.78 is 15.0. The number of amides is 1. The largest absolute Gasteiger partial charge is 0.497 e. The molecule has 0 fully saturated rings. The highest BCUT2D eigenvalue weighted by Crippen LogP contribution is 2.26. The number of aromatic nitrogens is 2. The fraction of sp³-hybridized carbons (Fsp3) is 0.105. The highest BCUT2D eigenvalue weighted by Gasteiger charge is 2.14. The first-order valence-electron chi connectivity index (χ1n) is 7.79. The molecule has 3 rings (SSSR count). The minimum atomic E-state index is -0.341. The number of carbonyl (C=O) groups is 1. The van der Waals surface area contributed by atoms with Gasteiger partial charge in [-0.1, -0.05) is 12.1 Å². The van der Waals surface area contributed by atoms with Gasteiger partial charge in [-0.25, -0.2) is 4.63 Å². The first kappa shape index (κ1) is 17.2. The van der Waals surface area contributed by atoms with Gasteiger partial charge < -0.3 is 14.8 Å². The second-order valence-corrected chi connectivity index (χ2v) is 5.29. The minimum absolute atomic E-state index is 0.250. The van der Waals surface area contributed by atoms with E-state index in [4.69, 9.17) is 14.1 Å². The Kier molecular flexibility index (Phi) is 5.28. The molecule has 1 heterocycles. The van der Waals surface area contributed by atoms with Gasteiger partial charge in [0.2, 0.25) is 11.7 Å². The molecule has 2 aromatic carbocycles. The second-order valence-electron chi connectivity index (χ2n) is 5.29. The third kappa shape index (κ3) is 4.07. The van der Waals surface area contributed by atoms with E-state index in [-0.39, 0.29) is 11.7 Å². The lowest BCUT2D eigenvalue weighted by molar-refractivity contribution is -0.111. The standard InChI is InChI=1S/C19H17N3O4/c1-24-15-8-3-13(4-9-15)5-12-17(23)20-19-18(21-26-22-19)14-6-10-16(25-2)11-7-14/h3-12H,1-2H3,(H,20,22,23). The van der Waals surface area contributed by atoms with Crippen LogP contribution in [-0.2, 0) is 4.79 Å². The molecule has 0 aliphatic heterocycles. The Hall–Kier alpha value is -3.61. The smallest absolute Gasteiger partial charge is 0.249 e. The number of carbonyl (C=O) groups excluding carboxylic acids is 1. The van der Waals surface area contributed by atoms with Gasteiger partial charge in [0.15, 0.2) is 5.69 Å². The van der Waals surface area contributed by atoms with E-state index >= 15 is 0 Å². The molecule has 7 heteroatoms. The molecule has 3 aromatic rings. The predicted octanol–water partition coefficient (Wildman–Crippen LogP) is 3.41. The number of nitrogens with one attached hydrogen (secondary N) is 1. The van der Waals surface area contributed by atoms with Gasteiger partial charge in [0.25, 0.3) is 0 Å². The van der Waals surface area contributed by atoms with Crippen LogP contribution in [0.3, 0.4) is 0 Å². The number of nitrogens with zero attached hydrogens (tertiary/aromatic N) is 2. The molecule has 7 nitrogen and oxygen atoms in total. The Balaban J connectivity index is 1.69. The van der Waals surface area contributed by atoms with Crippen LogP contribution in [0.15, 0.2) is 59.2 Å². The summed E-state index contributed by atoms with van der Waals surface area (Å²) in [6, 6.07) is 14.5. The molecular formula is C19H17N3O4. The van der Waals surface area contributed by atoms with Crippen LogP contribution >= 0.6 is 0 Å². The average molecular weight is 351 g/mol. The van der Waals surface area contributed by atoms with Crippen LogP contribution in [0.25, 0.3) is 17.3 Å². The van der Waals surface area contributed by atoms with Gasteiger partial charge in [0.05, 0.1) is 14.2 Å². The maximum absolute atomic E-state index is 12.1. The SMILES string of the molecule is COc1ccc(C=CC(=O)Nc2nonc2-c2ccc(OC)cc2)cc1. The fourth-order valence-electron chi connectivity index (χ4n) is 2.25. The van der Waals surface area contributed by atoms with Gasteiger partial charge in [-0.15, -0.1) is 0 Å². The lowest BCUT2D eigenvalue weighted by atomic mass is 10.1. The zero-order valence-electron chi connectivity index (χ0n) is 14.3. The minimum Gasteiger partial charge on any atom is -0.497 e. The molecule has 0 aliphatic carbocycles. The Morgan fingerprint density at radius 1 is 0.962 bits per heavy atom. The Morgan fingerprint density at radius 3 is 2.19 bits per heavy atom. The molecule has 26 heavy (non-hydrogen) atoms. The van der Waals surface area contributed by atoms with E-state index in [1.54, 1.807) is 44.6 Å². The summed E-state index contributed by atoms with van der Waals surface area (Å²) in [5.41, 5.74) is 2.06. The van der Waals surface area contributed by atoms with Crippen molar-refractivity contribution in [3.8, 4) is 22.8 Å².